The van der Waals surface area contributed by atoms with Gasteiger partial charge in [0.2, 0.25) is 0 Å². The summed E-state index contributed by atoms with van der Waals surface area (Å²) < 4.78 is 4.38. The fourth-order valence-corrected chi connectivity index (χ4v) is 3.79. The van der Waals surface area contributed by atoms with E-state index in [4.69, 9.17) is 5.73 Å². The van der Waals surface area contributed by atoms with Gasteiger partial charge in [-0.2, -0.15) is 4.37 Å². The van der Waals surface area contributed by atoms with Crippen molar-refractivity contribution < 1.29 is 0 Å². The number of hydrogen-bond acceptors (Lipinski definition) is 5. The molecule has 1 aliphatic rings. The number of nitrogens with two attached hydrogens (primary N) is 1. The van der Waals surface area contributed by atoms with Crippen LogP contribution in [0.25, 0.3) is 11.1 Å². The quantitative estimate of drug-likeness (QED) is 0.937. The highest BCUT2D eigenvalue weighted by molar-refractivity contribution is 7.11. The van der Waals surface area contributed by atoms with Gasteiger partial charge in [-0.25, -0.2) is 0 Å². The minimum absolute atomic E-state index is 0.490. The van der Waals surface area contributed by atoms with Crippen molar-refractivity contribution in [2.75, 3.05) is 23.7 Å². The molecule has 0 unspecified atom stereocenters. The Morgan fingerprint density at radius 3 is 2.57 bits per heavy atom. The summed E-state index contributed by atoms with van der Waals surface area (Å²) in [5, 5.41) is 1.21. The van der Waals surface area contributed by atoms with E-state index in [1.807, 2.05) is 12.1 Å². The third-order valence-electron chi connectivity index (χ3n) is 4.78. The minimum atomic E-state index is 0.490. The van der Waals surface area contributed by atoms with E-state index in [1.54, 1.807) is 12.4 Å². The topological polar surface area (TPSA) is 55.0 Å². The fraction of sp³-hybridized carbons (Fsp3) is 0.500. The Kier molecular flexibility index (Phi) is 3.85. The number of aromatic nitrogens is 2. The van der Waals surface area contributed by atoms with E-state index in [0.29, 0.717) is 11.2 Å². The molecule has 0 radical (unpaired) electrons. The molecule has 4 nitrogen and oxygen atoms in total. The van der Waals surface area contributed by atoms with Gasteiger partial charge >= 0.3 is 0 Å². The smallest absolute Gasteiger partial charge is 0.147 e. The van der Waals surface area contributed by atoms with Gasteiger partial charge in [0.1, 0.15) is 10.8 Å². The SMILES string of the molecule is CCC1(C)CCN(c2snc(N)c2-c2ccncc2)CC1. The van der Waals surface area contributed by atoms with Gasteiger partial charge in [0, 0.05) is 25.5 Å². The monoisotopic (exact) mass is 302 g/mol. The maximum absolute atomic E-state index is 6.11. The molecule has 0 amide bonds. The van der Waals surface area contributed by atoms with Crippen molar-refractivity contribution in [2.45, 2.75) is 33.1 Å². The Morgan fingerprint density at radius 2 is 1.95 bits per heavy atom. The molecule has 3 rings (SSSR count). The van der Waals surface area contributed by atoms with E-state index in [1.165, 1.54) is 35.8 Å². The van der Waals surface area contributed by atoms with Gasteiger partial charge in [-0.05, 0) is 47.5 Å². The Bertz CT molecular complexity index is 600. The van der Waals surface area contributed by atoms with Crippen molar-refractivity contribution >= 4 is 22.4 Å². The Labute approximate surface area is 130 Å². The van der Waals surface area contributed by atoms with Crippen molar-refractivity contribution in [3.63, 3.8) is 0 Å². The highest BCUT2D eigenvalue weighted by Crippen LogP contribution is 2.42. The van der Waals surface area contributed by atoms with Gasteiger partial charge in [-0.1, -0.05) is 20.3 Å². The van der Waals surface area contributed by atoms with Crippen molar-refractivity contribution in [3.05, 3.63) is 24.5 Å². The number of piperidine rings is 1. The van der Waals surface area contributed by atoms with E-state index >= 15 is 0 Å². The molecule has 5 heteroatoms. The molecule has 2 N–H and O–H groups in total. The van der Waals surface area contributed by atoms with E-state index in [-0.39, 0.29) is 0 Å². The third-order valence-corrected chi connectivity index (χ3v) is 5.70. The summed E-state index contributed by atoms with van der Waals surface area (Å²) in [5.74, 6) is 0.630. The van der Waals surface area contributed by atoms with Crippen LogP contribution < -0.4 is 10.6 Å². The summed E-state index contributed by atoms with van der Waals surface area (Å²) in [7, 11) is 0. The third kappa shape index (κ3) is 2.75. The molecular formula is C16H22N4S. The molecule has 3 heterocycles. The molecule has 0 bridgehead atoms. The molecule has 2 aromatic heterocycles. The molecule has 1 fully saturated rings. The minimum Gasteiger partial charge on any atom is -0.382 e. The zero-order chi connectivity index (χ0) is 14.9. The molecule has 0 aromatic carbocycles. The van der Waals surface area contributed by atoms with Gasteiger partial charge in [-0.15, -0.1) is 0 Å². The second-order valence-corrected chi connectivity index (χ2v) is 6.89. The number of rotatable bonds is 3. The standard InChI is InChI=1S/C16H22N4S/c1-3-16(2)6-10-20(11-7-16)15-13(14(17)19-21-15)12-4-8-18-9-5-12/h4-5,8-9H,3,6-7,10-11H2,1-2H3,(H2,17,19). The van der Waals surface area contributed by atoms with Crippen LogP contribution in [0.3, 0.4) is 0 Å². The van der Waals surface area contributed by atoms with Crippen LogP contribution in [-0.2, 0) is 0 Å². The van der Waals surface area contributed by atoms with Gasteiger partial charge in [-0.3, -0.25) is 4.98 Å². The van der Waals surface area contributed by atoms with Crippen molar-refractivity contribution in [1.82, 2.24) is 9.36 Å². The van der Waals surface area contributed by atoms with Crippen molar-refractivity contribution in [2.24, 2.45) is 5.41 Å². The first-order valence-corrected chi connectivity index (χ1v) is 8.31. The molecule has 0 spiro atoms. The lowest BCUT2D eigenvalue weighted by Gasteiger charge is -2.39. The number of nitrogen functional groups attached to an aromatic ring is 1. The maximum atomic E-state index is 6.11. The predicted molar refractivity (Wildman–Crippen MR) is 89.6 cm³/mol. The molecule has 112 valence electrons. The van der Waals surface area contributed by atoms with Gasteiger partial charge < -0.3 is 10.6 Å². The summed E-state index contributed by atoms with van der Waals surface area (Å²) >= 11 is 1.52. The summed E-state index contributed by atoms with van der Waals surface area (Å²) in [4.78, 5) is 6.53. The molecule has 1 saturated heterocycles. The van der Waals surface area contributed by atoms with E-state index in [0.717, 1.165) is 24.2 Å². The molecule has 0 atom stereocenters. The molecule has 0 aliphatic carbocycles. The van der Waals surface area contributed by atoms with Crippen molar-refractivity contribution in [1.29, 1.82) is 0 Å². The van der Waals surface area contributed by atoms with Crippen LogP contribution in [-0.4, -0.2) is 22.4 Å². The van der Waals surface area contributed by atoms with E-state index in [2.05, 4.69) is 28.1 Å². The predicted octanol–water partition coefficient (Wildman–Crippen LogP) is 3.80. The molecule has 0 saturated carbocycles. The Morgan fingerprint density at radius 1 is 1.29 bits per heavy atom. The number of hydrogen-bond donors (Lipinski definition) is 1. The number of pyridine rings is 1. The molecule has 21 heavy (non-hydrogen) atoms. The number of anilines is 2. The summed E-state index contributed by atoms with van der Waals surface area (Å²) in [6.45, 7) is 6.87. The first-order valence-electron chi connectivity index (χ1n) is 7.53. The molecular weight excluding hydrogens is 280 g/mol. The summed E-state index contributed by atoms with van der Waals surface area (Å²) in [6, 6.07) is 4.01. The van der Waals surface area contributed by atoms with Crippen LogP contribution in [0.1, 0.15) is 33.1 Å². The summed E-state index contributed by atoms with van der Waals surface area (Å²) in [5.41, 5.74) is 8.78. The average molecular weight is 302 g/mol. The highest BCUT2D eigenvalue weighted by atomic mass is 32.1. The first-order chi connectivity index (χ1) is 10.1. The van der Waals surface area contributed by atoms with Crippen molar-refractivity contribution in [3.8, 4) is 11.1 Å². The lowest BCUT2D eigenvalue weighted by Crippen LogP contribution is -2.38. The largest absolute Gasteiger partial charge is 0.382 e. The molecule has 1 aliphatic heterocycles. The van der Waals surface area contributed by atoms with Crippen LogP contribution >= 0.6 is 11.5 Å². The average Bonchev–Trinajstić information content (AvgIpc) is 2.91. The fourth-order valence-electron chi connectivity index (χ4n) is 2.90. The van der Waals surface area contributed by atoms with Crippen LogP contribution in [0.5, 0.6) is 0 Å². The van der Waals surface area contributed by atoms with Crippen LogP contribution in [0.4, 0.5) is 10.8 Å². The van der Waals surface area contributed by atoms with E-state index in [9.17, 15) is 0 Å². The Balaban J connectivity index is 1.88. The normalized spacial score (nSPS) is 17.9. The molecule has 2 aromatic rings. The van der Waals surface area contributed by atoms with Crippen LogP contribution in [0.15, 0.2) is 24.5 Å². The Hall–Kier alpha value is -1.62. The highest BCUT2D eigenvalue weighted by Gasteiger charge is 2.30. The lowest BCUT2D eigenvalue weighted by atomic mass is 9.78. The van der Waals surface area contributed by atoms with Crippen LogP contribution in [0.2, 0.25) is 0 Å². The maximum Gasteiger partial charge on any atom is 0.147 e. The van der Waals surface area contributed by atoms with Crippen LogP contribution in [0, 0.1) is 5.41 Å². The first kappa shape index (κ1) is 14.3. The second-order valence-electron chi connectivity index (χ2n) is 6.14. The lowest BCUT2D eigenvalue weighted by molar-refractivity contribution is 0.239. The second kappa shape index (κ2) is 5.64. The zero-order valence-corrected chi connectivity index (χ0v) is 13.5. The summed E-state index contributed by atoms with van der Waals surface area (Å²) in [6.07, 6.45) is 7.33. The van der Waals surface area contributed by atoms with Gasteiger partial charge in [0.15, 0.2) is 0 Å². The number of nitrogens with zero attached hydrogens (tertiary/aromatic N) is 3. The van der Waals surface area contributed by atoms with Gasteiger partial charge in [0.05, 0.1) is 5.56 Å². The van der Waals surface area contributed by atoms with Gasteiger partial charge in [0.25, 0.3) is 0 Å². The zero-order valence-electron chi connectivity index (χ0n) is 12.7. The van der Waals surface area contributed by atoms with E-state index < -0.39 is 0 Å².